The van der Waals surface area contributed by atoms with Crippen LogP contribution in [-0.2, 0) is 0 Å². The highest BCUT2D eigenvalue weighted by Gasteiger charge is 2.33. The van der Waals surface area contributed by atoms with Crippen molar-refractivity contribution in [3.05, 3.63) is 84.0 Å². The second-order valence-corrected chi connectivity index (χ2v) is 5.77. The summed E-state index contributed by atoms with van der Waals surface area (Å²) in [5.41, 5.74) is 0.876. The van der Waals surface area contributed by atoms with Crippen molar-refractivity contribution in [1.82, 2.24) is 0 Å². The van der Waals surface area contributed by atoms with Crippen LogP contribution >= 0.6 is 15.9 Å². The van der Waals surface area contributed by atoms with Crippen molar-refractivity contribution in [3.63, 3.8) is 0 Å². The monoisotopic (exact) mass is 376 g/mol. The van der Waals surface area contributed by atoms with E-state index in [9.17, 15) is 20.2 Å². The number of rotatable bonds is 3. The Kier molecular flexibility index (Phi) is 3.83. The van der Waals surface area contributed by atoms with E-state index in [1.807, 2.05) is 0 Å². The molecular formula is C15H9BrN2O5. The maximum absolute atomic E-state index is 11.3. The van der Waals surface area contributed by atoms with Gasteiger partial charge >= 0.3 is 0 Å². The summed E-state index contributed by atoms with van der Waals surface area (Å²) in [4.78, 5) is 21.0. The third-order valence-corrected chi connectivity index (χ3v) is 3.90. The number of fused-ring (bicyclic) bond motifs is 1. The smallest absolute Gasteiger partial charge is 0.291 e. The van der Waals surface area contributed by atoms with Crippen molar-refractivity contribution < 1.29 is 14.6 Å². The highest BCUT2D eigenvalue weighted by molar-refractivity contribution is 9.10. The molecule has 0 fully saturated rings. The largest absolute Gasteiger partial charge is 0.474 e. The molecule has 3 rings (SSSR count). The van der Waals surface area contributed by atoms with Gasteiger partial charge in [0.2, 0.25) is 6.10 Å². The van der Waals surface area contributed by atoms with Crippen molar-refractivity contribution >= 4 is 27.7 Å². The van der Waals surface area contributed by atoms with Crippen LogP contribution in [0.5, 0.6) is 5.75 Å². The summed E-state index contributed by atoms with van der Waals surface area (Å²) in [6.45, 7) is 0. The fourth-order valence-corrected chi connectivity index (χ4v) is 2.70. The highest BCUT2D eigenvalue weighted by atomic mass is 79.9. The maximum Gasteiger partial charge on any atom is 0.291 e. The zero-order valence-corrected chi connectivity index (χ0v) is 13.1. The van der Waals surface area contributed by atoms with Gasteiger partial charge in [0.15, 0.2) is 0 Å². The molecule has 7 nitrogen and oxygen atoms in total. The number of nitro benzene ring substituents is 1. The van der Waals surface area contributed by atoms with Crippen LogP contribution in [0.25, 0.3) is 6.08 Å². The van der Waals surface area contributed by atoms with Crippen LogP contribution in [0.15, 0.2) is 52.6 Å². The summed E-state index contributed by atoms with van der Waals surface area (Å²) in [5.74, 6) is 0.516. The molecule has 1 aliphatic heterocycles. The summed E-state index contributed by atoms with van der Waals surface area (Å²) < 4.78 is 6.53. The van der Waals surface area contributed by atoms with Crippen molar-refractivity contribution in [3.8, 4) is 5.75 Å². The zero-order valence-electron chi connectivity index (χ0n) is 11.5. The molecular weight excluding hydrogens is 368 g/mol. The first kappa shape index (κ1) is 15.2. The number of non-ortho nitro benzene ring substituents is 1. The zero-order chi connectivity index (χ0) is 16.6. The van der Waals surface area contributed by atoms with Gasteiger partial charge in [0.25, 0.3) is 11.4 Å². The molecule has 0 spiro atoms. The lowest BCUT2D eigenvalue weighted by Gasteiger charge is -2.22. The first-order valence-electron chi connectivity index (χ1n) is 6.52. The van der Waals surface area contributed by atoms with E-state index >= 15 is 0 Å². The summed E-state index contributed by atoms with van der Waals surface area (Å²) in [6.07, 6.45) is 0.537. The molecule has 0 amide bonds. The third kappa shape index (κ3) is 2.93. The van der Waals surface area contributed by atoms with E-state index in [1.165, 1.54) is 30.3 Å². The van der Waals surface area contributed by atoms with Gasteiger partial charge in [-0.05, 0) is 30.3 Å². The SMILES string of the molecule is O=[N+]([O-])C1=Cc2cc(Br)ccc2OC1c1ccc([N+](=O)[O-])cc1. The van der Waals surface area contributed by atoms with Gasteiger partial charge in [-0.15, -0.1) is 0 Å². The lowest BCUT2D eigenvalue weighted by Crippen LogP contribution is -2.19. The van der Waals surface area contributed by atoms with E-state index in [0.717, 1.165) is 4.47 Å². The average molecular weight is 377 g/mol. The van der Waals surface area contributed by atoms with Gasteiger partial charge in [0, 0.05) is 33.8 Å². The summed E-state index contributed by atoms with van der Waals surface area (Å²) in [5, 5.41) is 22.1. The van der Waals surface area contributed by atoms with Gasteiger partial charge in [-0.1, -0.05) is 15.9 Å². The molecule has 0 N–H and O–H groups in total. The van der Waals surface area contributed by atoms with Crippen LogP contribution < -0.4 is 4.74 Å². The Balaban J connectivity index is 2.04. The van der Waals surface area contributed by atoms with Gasteiger partial charge < -0.3 is 4.74 Å². The Hall–Kier alpha value is -2.74. The number of hydrogen-bond donors (Lipinski definition) is 0. The molecule has 1 heterocycles. The van der Waals surface area contributed by atoms with E-state index in [4.69, 9.17) is 4.74 Å². The number of halogens is 1. The molecule has 0 radical (unpaired) electrons. The number of hydrogen-bond acceptors (Lipinski definition) is 5. The second kappa shape index (κ2) is 5.81. The van der Waals surface area contributed by atoms with Gasteiger partial charge in [-0.25, -0.2) is 0 Å². The van der Waals surface area contributed by atoms with Crippen LogP contribution in [0.3, 0.4) is 0 Å². The summed E-state index contributed by atoms with van der Waals surface area (Å²) >= 11 is 3.31. The van der Waals surface area contributed by atoms with Gasteiger partial charge in [-0.3, -0.25) is 20.2 Å². The average Bonchev–Trinajstić information content (AvgIpc) is 2.53. The van der Waals surface area contributed by atoms with Gasteiger partial charge in [0.1, 0.15) is 5.75 Å². The van der Waals surface area contributed by atoms with Crippen molar-refractivity contribution in [2.45, 2.75) is 6.10 Å². The Morgan fingerprint density at radius 3 is 2.30 bits per heavy atom. The Labute approximate surface area is 138 Å². The predicted octanol–water partition coefficient (Wildman–Crippen LogP) is 4.11. The predicted molar refractivity (Wildman–Crippen MR) is 85.6 cm³/mol. The first-order valence-corrected chi connectivity index (χ1v) is 7.31. The molecule has 0 saturated carbocycles. The fourth-order valence-electron chi connectivity index (χ4n) is 2.32. The van der Waals surface area contributed by atoms with Crippen LogP contribution in [0, 0.1) is 20.2 Å². The molecule has 0 saturated heterocycles. The minimum atomic E-state index is -0.917. The summed E-state index contributed by atoms with van der Waals surface area (Å²) in [6, 6.07) is 10.7. The molecule has 0 aromatic heterocycles. The lowest BCUT2D eigenvalue weighted by molar-refractivity contribution is -0.434. The van der Waals surface area contributed by atoms with Crippen LogP contribution in [0.1, 0.15) is 17.2 Å². The summed E-state index contributed by atoms with van der Waals surface area (Å²) in [7, 11) is 0. The standard InChI is InChI=1S/C15H9BrN2O5/c16-11-3-6-14-10(7-11)8-13(18(21)22)15(23-14)9-1-4-12(5-2-9)17(19)20/h1-8,15H. The van der Waals surface area contributed by atoms with E-state index in [0.29, 0.717) is 16.9 Å². The lowest BCUT2D eigenvalue weighted by atomic mass is 10.0. The molecule has 23 heavy (non-hydrogen) atoms. The molecule has 2 aromatic rings. The number of nitro groups is 2. The fraction of sp³-hybridized carbons (Fsp3) is 0.0667. The molecule has 8 heteroatoms. The van der Waals surface area contributed by atoms with E-state index in [2.05, 4.69) is 15.9 Å². The van der Waals surface area contributed by atoms with E-state index in [1.54, 1.807) is 18.2 Å². The molecule has 2 aromatic carbocycles. The van der Waals surface area contributed by atoms with Crippen LogP contribution in [-0.4, -0.2) is 9.85 Å². The van der Waals surface area contributed by atoms with Crippen LogP contribution in [0.2, 0.25) is 0 Å². The Morgan fingerprint density at radius 1 is 1.00 bits per heavy atom. The van der Waals surface area contributed by atoms with E-state index < -0.39 is 16.0 Å². The van der Waals surface area contributed by atoms with E-state index in [-0.39, 0.29) is 11.4 Å². The minimum absolute atomic E-state index is 0.0828. The number of ether oxygens (including phenoxy) is 1. The third-order valence-electron chi connectivity index (χ3n) is 3.41. The first-order chi connectivity index (χ1) is 11.0. The van der Waals surface area contributed by atoms with Gasteiger partial charge in [0.05, 0.1) is 9.85 Å². The number of benzene rings is 2. The Bertz CT molecular complexity index is 832. The molecule has 0 aliphatic carbocycles. The molecule has 0 bridgehead atoms. The van der Waals surface area contributed by atoms with Crippen molar-refractivity contribution in [2.24, 2.45) is 0 Å². The van der Waals surface area contributed by atoms with Crippen LogP contribution in [0.4, 0.5) is 5.69 Å². The molecule has 116 valence electrons. The van der Waals surface area contributed by atoms with Crippen molar-refractivity contribution in [2.75, 3.05) is 0 Å². The maximum atomic E-state index is 11.3. The quantitative estimate of drug-likeness (QED) is 0.593. The second-order valence-electron chi connectivity index (χ2n) is 4.85. The van der Waals surface area contributed by atoms with Gasteiger partial charge in [-0.2, -0.15) is 0 Å². The minimum Gasteiger partial charge on any atom is -0.474 e. The number of nitrogens with zero attached hydrogens (tertiary/aromatic N) is 2. The Morgan fingerprint density at radius 2 is 1.70 bits per heavy atom. The van der Waals surface area contributed by atoms with Crippen molar-refractivity contribution in [1.29, 1.82) is 0 Å². The molecule has 1 unspecified atom stereocenters. The molecule has 1 atom stereocenters. The highest BCUT2D eigenvalue weighted by Crippen LogP contribution is 2.38. The molecule has 1 aliphatic rings. The normalized spacial score (nSPS) is 16.0. The topological polar surface area (TPSA) is 95.5 Å².